The number of likely N-dealkylation sites (tertiary alicyclic amines) is 1. The molecule has 1 aromatic rings. The van der Waals surface area contributed by atoms with Gasteiger partial charge in [0.2, 0.25) is 5.91 Å². The summed E-state index contributed by atoms with van der Waals surface area (Å²) in [5, 5.41) is 3.79. The predicted molar refractivity (Wildman–Crippen MR) is 105 cm³/mol. The third-order valence-electron chi connectivity index (χ3n) is 6.99. The van der Waals surface area contributed by atoms with Crippen LogP contribution in [0.5, 0.6) is 0 Å². The number of carbonyl (C=O) groups excluding carboxylic acids is 1. The normalized spacial score (nSPS) is 29.5. The third kappa shape index (κ3) is 3.67. The molecule has 142 valence electrons. The number of benzene rings is 1. The van der Waals surface area contributed by atoms with Crippen LogP contribution in [-0.4, -0.2) is 42.0 Å². The molecule has 2 aliphatic carbocycles. The highest BCUT2D eigenvalue weighted by Crippen LogP contribution is 2.42. The van der Waals surface area contributed by atoms with Gasteiger partial charge in [0.05, 0.1) is 5.54 Å². The maximum Gasteiger partial charge on any atom is 0.242 e. The summed E-state index contributed by atoms with van der Waals surface area (Å²) in [4.78, 5) is 14.8. The molecule has 0 radical (unpaired) electrons. The lowest BCUT2D eigenvalue weighted by Crippen LogP contribution is -2.56. The Morgan fingerprint density at radius 3 is 2.46 bits per heavy atom. The van der Waals surface area contributed by atoms with Crippen LogP contribution < -0.4 is 11.1 Å². The number of nitrogens with two attached hydrogens (primary N) is 1. The molecular weight excluding hydrogens is 322 g/mol. The Labute approximate surface area is 157 Å². The first-order chi connectivity index (χ1) is 12.5. The fraction of sp³-hybridized carbons (Fsp3) is 0.682. The summed E-state index contributed by atoms with van der Waals surface area (Å²) in [7, 11) is 0. The molecule has 0 aromatic heterocycles. The van der Waals surface area contributed by atoms with Crippen molar-refractivity contribution in [1.82, 2.24) is 10.2 Å². The number of nitrogens with zero attached hydrogens (tertiary/aromatic N) is 1. The van der Waals surface area contributed by atoms with E-state index >= 15 is 0 Å². The van der Waals surface area contributed by atoms with Crippen LogP contribution in [0.1, 0.15) is 63.4 Å². The van der Waals surface area contributed by atoms with E-state index in [1.54, 1.807) is 0 Å². The maximum absolute atomic E-state index is 12.8. The largest absolute Gasteiger partial charge is 0.341 e. The molecule has 4 rings (SSSR count). The Morgan fingerprint density at radius 2 is 1.81 bits per heavy atom. The monoisotopic (exact) mass is 355 g/mol. The van der Waals surface area contributed by atoms with Gasteiger partial charge in [-0.25, -0.2) is 0 Å². The molecule has 3 N–H and O–H groups in total. The molecule has 2 atom stereocenters. The van der Waals surface area contributed by atoms with E-state index in [0.29, 0.717) is 12.0 Å². The van der Waals surface area contributed by atoms with Crippen molar-refractivity contribution in [2.45, 2.75) is 69.4 Å². The standard InChI is InChI=1S/C22H33N3O/c1-21(16-24-19-15-18(19)17-7-3-2-4-8-17)11-13-25(14-12-21)20(26)22(23)9-5-6-10-22/h2-4,7-8,18-19,24H,5-6,9-16,23H2,1H3/t18?,19-/m1/s1. The summed E-state index contributed by atoms with van der Waals surface area (Å²) in [5.74, 6) is 0.886. The van der Waals surface area contributed by atoms with E-state index in [1.807, 2.05) is 4.90 Å². The first kappa shape index (κ1) is 18.0. The second-order valence-corrected chi connectivity index (χ2v) is 9.21. The van der Waals surface area contributed by atoms with E-state index in [2.05, 4.69) is 42.6 Å². The predicted octanol–water partition coefficient (Wildman–Crippen LogP) is 3.03. The molecule has 1 amide bonds. The van der Waals surface area contributed by atoms with Gasteiger partial charge in [0.1, 0.15) is 0 Å². The zero-order valence-corrected chi connectivity index (χ0v) is 16.0. The Kier molecular flexibility index (Phi) is 4.83. The molecule has 0 bridgehead atoms. The zero-order valence-electron chi connectivity index (χ0n) is 16.0. The van der Waals surface area contributed by atoms with Crippen LogP contribution in [0.2, 0.25) is 0 Å². The molecule has 1 unspecified atom stereocenters. The van der Waals surface area contributed by atoms with Crippen molar-refractivity contribution >= 4 is 5.91 Å². The van der Waals surface area contributed by atoms with Gasteiger partial charge in [0, 0.05) is 31.6 Å². The van der Waals surface area contributed by atoms with Crippen LogP contribution in [-0.2, 0) is 4.79 Å². The Hall–Kier alpha value is -1.39. The summed E-state index contributed by atoms with van der Waals surface area (Å²) >= 11 is 0. The van der Waals surface area contributed by atoms with E-state index in [4.69, 9.17) is 5.73 Å². The van der Waals surface area contributed by atoms with E-state index in [9.17, 15) is 4.79 Å². The van der Waals surface area contributed by atoms with Gasteiger partial charge in [0.15, 0.2) is 0 Å². The number of amides is 1. The SMILES string of the molecule is CC1(CN[C@@H]2CC2c2ccccc2)CCN(C(=O)C2(N)CCCC2)CC1. The molecule has 2 saturated carbocycles. The number of hydrogen-bond acceptors (Lipinski definition) is 3. The molecule has 3 aliphatic rings. The van der Waals surface area contributed by atoms with E-state index in [1.165, 1.54) is 12.0 Å². The van der Waals surface area contributed by atoms with Gasteiger partial charge in [-0.15, -0.1) is 0 Å². The molecule has 1 saturated heterocycles. The lowest BCUT2D eigenvalue weighted by atomic mass is 9.79. The van der Waals surface area contributed by atoms with Crippen molar-refractivity contribution in [3.8, 4) is 0 Å². The van der Waals surface area contributed by atoms with Crippen LogP contribution >= 0.6 is 0 Å². The topological polar surface area (TPSA) is 58.4 Å². The molecule has 1 heterocycles. The van der Waals surface area contributed by atoms with Gasteiger partial charge < -0.3 is 16.0 Å². The number of piperidine rings is 1. The minimum absolute atomic E-state index is 0.205. The van der Waals surface area contributed by atoms with Crippen molar-refractivity contribution in [2.75, 3.05) is 19.6 Å². The minimum Gasteiger partial charge on any atom is -0.341 e. The van der Waals surface area contributed by atoms with E-state index in [-0.39, 0.29) is 11.3 Å². The molecule has 3 fully saturated rings. The highest BCUT2D eigenvalue weighted by Gasteiger charge is 2.43. The summed E-state index contributed by atoms with van der Waals surface area (Å²) in [6.07, 6.45) is 7.33. The van der Waals surface area contributed by atoms with Crippen LogP contribution in [0.4, 0.5) is 0 Å². The summed E-state index contributed by atoms with van der Waals surface area (Å²) < 4.78 is 0. The van der Waals surface area contributed by atoms with Crippen molar-refractivity contribution in [3.05, 3.63) is 35.9 Å². The molecule has 4 heteroatoms. The average Bonchev–Trinajstić information content (AvgIpc) is 3.32. The first-order valence-corrected chi connectivity index (χ1v) is 10.4. The summed E-state index contributed by atoms with van der Waals surface area (Å²) in [5.41, 5.74) is 7.56. The first-order valence-electron chi connectivity index (χ1n) is 10.4. The van der Waals surface area contributed by atoms with Crippen LogP contribution in [0.3, 0.4) is 0 Å². The van der Waals surface area contributed by atoms with Gasteiger partial charge in [-0.2, -0.15) is 0 Å². The number of rotatable bonds is 5. The Bertz CT molecular complexity index is 630. The van der Waals surface area contributed by atoms with Crippen molar-refractivity contribution in [1.29, 1.82) is 0 Å². The maximum atomic E-state index is 12.8. The quantitative estimate of drug-likeness (QED) is 0.853. The Morgan fingerprint density at radius 1 is 1.15 bits per heavy atom. The van der Waals surface area contributed by atoms with Crippen molar-refractivity contribution in [3.63, 3.8) is 0 Å². The second kappa shape index (κ2) is 6.97. The minimum atomic E-state index is -0.567. The second-order valence-electron chi connectivity index (χ2n) is 9.21. The highest BCUT2D eigenvalue weighted by molar-refractivity contribution is 5.86. The van der Waals surface area contributed by atoms with Crippen LogP contribution in [0.15, 0.2) is 30.3 Å². The molecule has 0 spiro atoms. The fourth-order valence-electron chi connectivity index (χ4n) is 4.83. The summed E-state index contributed by atoms with van der Waals surface area (Å²) in [6, 6.07) is 11.5. The van der Waals surface area contributed by atoms with Gasteiger partial charge in [-0.1, -0.05) is 50.1 Å². The van der Waals surface area contributed by atoms with Gasteiger partial charge in [0.25, 0.3) is 0 Å². The van der Waals surface area contributed by atoms with Crippen molar-refractivity contribution in [2.24, 2.45) is 11.1 Å². The smallest absolute Gasteiger partial charge is 0.242 e. The van der Waals surface area contributed by atoms with Crippen LogP contribution in [0.25, 0.3) is 0 Å². The molecule has 4 nitrogen and oxygen atoms in total. The number of hydrogen-bond donors (Lipinski definition) is 2. The zero-order chi connectivity index (χ0) is 18.2. The average molecular weight is 356 g/mol. The van der Waals surface area contributed by atoms with E-state index < -0.39 is 5.54 Å². The van der Waals surface area contributed by atoms with Crippen molar-refractivity contribution < 1.29 is 4.79 Å². The van der Waals surface area contributed by atoms with Gasteiger partial charge >= 0.3 is 0 Å². The molecule has 26 heavy (non-hydrogen) atoms. The molecular formula is C22H33N3O. The van der Waals surface area contributed by atoms with Crippen LogP contribution in [0, 0.1) is 5.41 Å². The molecule has 1 aromatic carbocycles. The number of nitrogens with one attached hydrogen (secondary N) is 1. The van der Waals surface area contributed by atoms with Gasteiger partial charge in [-0.05, 0) is 43.1 Å². The van der Waals surface area contributed by atoms with E-state index in [0.717, 1.165) is 58.2 Å². The third-order valence-corrected chi connectivity index (χ3v) is 6.99. The number of carbonyl (C=O) groups is 1. The fourth-order valence-corrected chi connectivity index (χ4v) is 4.83. The highest BCUT2D eigenvalue weighted by atomic mass is 16.2. The Balaban J connectivity index is 1.24. The molecule has 1 aliphatic heterocycles. The summed E-state index contributed by atoms with van der Waals surface area (Å²) in [6.45, 7) is 5.15. The lowest BCUT2D eigenvalue weighted by Gasteiger charge is -2.42. The van der Waals surface area contributed by atoms with Gasteiger partial charge in [-0.3, -0.25) is 4.79 Å². The lowest BCUT2D eigenvalue weighted by molar-refractivity contribution is -0.139.